The molecule has 0 unspecified atom stereocenters. The van der Waals surface area contributed by atoms with Gasteiger partial charge in [0.25, 0.3) is 0 Å². The second-order valence-electron chi connectivity index (χ2n) is 5.60. The molecule has 7 heteroatoms. The molecule has 0 saturated carbocycles. The van der Waals surface area contributed by atoms with Gasteiger partial charge in [-0.3, -0.25) is 0 Å². The smallest absolute Gasteiger partial charge is 0.398 e. The van der Waals surface area contributed by atoms with Gasteiger partial charge in [0, 0.05) is 0 Å². The van der Waals surface area contributed by atoms with Gasteiger partial charge < -0.3 is 9.31 Å². The molecule has 0 radical (unpaired) electrons. The van der Waals surface area contributed by atoms with Crippen LogP contribution in [0.5, 0.6) is 0 Å². The Morgan fingerprint density at radius 3 is 2.47 bits per heavy atom. The highest BCUT2D eigenvalue weighted by molar-refractivity contribution is 7.12. The van der Waals surface area contributed by atoms with Crippen molar-refractivity contribution in [3.05, 3.63) is 23.7 Å². The van der Waals surface area contributed by atoms with Crippen LogP contribution in [0.25, 0.3) is 5.00 Å². The maximum Gasteiger partial charge on any atom is 0.518 e. The van der Waals surface area contributed by atoms with E-state index in [0.29, 0.717) is 5.59 Å². The summed E-state index contributed by atoms with van der Waals surface area (Å²) >= 11 is 1.59. The van der Waals surface area contributed by atoms with Crippen molar-refractivity contribution >= 4 is 24.0 Å². The van der Waals surface area contributed by atoms with Gasteiger partial charge in [0.2, 0.25) is 0 Å². The zero-order chi connectivity index (χ0) is 13.7. The molecule has 2 aromatic rings. The first kappa shape index (κ1) is 12.8. The van der Waals surface area contributed by atoms with Gasteiger partial charge in [0.05, 0.1) is 17.4 Å². The Morgan fingerprint density at radius 2 is 1.89 bits per heavy atom. The summed E-state index contributed by atoms with van der Waals surface area (Å²) in [7, 11) is -0.460. The minimum atomic E-state index is -0.460. The molecule has 0 bridgehead atoms. The lowest BCUT2D eigenvalue weighted by Gasteiger charge is -2.32. The van der Waals surface area contributed by atoms with Crippen molar-refractivity contribution in [3.8, 4) is 5.00 Å². The zero-order valence-electron chi connectivity index (χ0n) is 11.5. The summed E-state index contributed by atoms with van der Waals surface area (Å²) < 4.78 is 11.9. The average molecular weight is 277 g/mol. The van der Waals surface area contributed by atoms with E-state index >= 15 is 0 Å². The highest BCUT2D eigenvalue weighted by Gasteiger charge is 2.52. The van der Waals surface area contributed by atoms with E-state index in [1.54, 1.807) is 22.3 Å². The van der Waals surface area contributed by atoms with Crippen LogP contribution in [0.2, 0.25) is 0 Å². The lowest BCUT2D eigenvalue weighted by atomic mass is 9.86. The van der Waals surface area contributed by atoms with Crippen molar-refractivity contribution in [1.82, 2.24) is 15.0 Å². The van der Waals surface area contributed by atoms with Crippen LogP contribution in [0, 0.1) is 0 Å². The number of nitrogens with zero attached hydrogens (tertiary/aromatic N) is 3. The molecule has 0 amide bonds. The summed E-state index contributed by atoms with van der Waals surface area (Å²) in [6, 6.07) is 3.94. The van der Waals surface area contributed by atoms with Gasteiger partial charge in [-0.15, -0.1) is 16.1 Å². The van der Waals surface area contributed by atoms with E-state index in [0.717, 1.165) is 5.00 Å². The third kappa shape index (κ3) is 2.11. The number of hydrogen-bond acceptors (Lipinski definition) is 5. The molecule has 3 rings (SSSR count). The van der Waals surface area contributed by atoms with Crippen LogP contribution < -0.4 is 5.59 Å². The third-order valence-electron chi connectivity index (χ3n) is 3.71. The second kappa shape index (κ2) is 4.16. The summed E-state index contributed by atoms with van der Waals surface area (Å²) in [5.41, 5.74) is -0.0126. The molecule has 0 atom stereocenters. The van der Waals surface area contributed by atoms with Crippen molar-refractivity contribution < 1.29 is 9.31 Å². The Morgan fingerprint density at radius 1 is 1.21 bits per heavy atom. The molecule has 1 saturated heterocycles. The van der Waals surface area contributed by atoms with Crippen LogP contribution in [-0.4, -0.2) is 33.3 Å². The molecule has 0 N–H and O–H groups in total. The van der Waals surface area contributed by atoms with Crippen molar-refractivity contribution in [2.45, 2.75) is 38.9 Å². The lowest BCUT2D eigenvalue weighted by Crippen LogP contribution is -2.41. The quantitative estimate of drug-likeness (QED) is 0.783. The van der Waals surface area contributed by atoms with E-state index in [4.69, 9.17) is 9.31 Å². The van der Waals surface area contributed by atoms with Crippen LogP contribution in [0.15, 0.2) is 23.7 Å². The number of hydrogen-bond donors (Lipinski definition) is 0. The Labute approximate surface area is 116 Å². The fourth-order valence-corrected chi connectivity index (χ4v) is 2.47. The molecule has 19 heavy (non-hydrogen) atoms. The molecule has 0 aliphatic carbocycles. The molecular formula is C12H16BN3O2S. The van der Waals surface area contributed by atoms with Gasteiger partial charge in [0.15, 0.2) is 0 Å². The molecule has 3 heterocycles. The van der Waals surface area contributed by atoms with E-state index in [-0.39, 0.29) is 11.2 Å². The first-order valence-corrected chi connectivity index (χ1v) is 7.09. The fourth-order valence-electron chi connectivity index (χ4n) is 1.84. The van der Waals surface area contributed by atoms with Crippen LogP contribution in [0.1, 0.15) is 27.7 Å². The van der Waals surface area contributed by atoms with Gasteiger partial charge in [-0.25, -0.2) is 0 Å². The number of rotatable bonds is 2. The van der Waals surface area contributed by atoms with Crippen molar-refractivity contribution in [2.24, 2.45) is 0 Å². The molecule has 1 fully saturated rings. The average Bonchev–Trinajstić information content (AvgIpc) is 3.00. The Balaban J connectivity index is 1.85. The van der Waals surface area contributed by atoms with Gasteiger partial charge in [-0.05, 0) is 45.2 Å². The van der Waals surface area contributed by atoms with Crippen LogP contribution >= 0.6 is 11.3 Å². The first-order valence-electron chi connectivity index (χ1n) is 6.21. The van der Waals surface area contributed by atoms with Crippen LogP contribution in [0.4, 0.5) is 0 Å². The third-order valence-corrected chi connectivity index (χ3v) is 4.54. The lowest BCUT2D eigenvalue weighted by molar-refractivity contribution is 0.00578. The monoisotopic (exact) mass is 277 g/mol. The topological polar surface area (TPSA) is 49.2 Å². The van der Waals surface area contributed by atoms with Crippen molar-refractivity contribution in [2.75, 3.05) is 0 Å². The second-order valence-corrected chi connectivity index (χ2v) is 6.52. The molecule has 2 aromatic heterocycles. The Hall–Kier alpha value is -1.18. The van der Waals surface area contributed by atoms with E-state index in [9.17, 15) is 0 Å². The predicted molar refractivity (Wildman–Crippen MR) is 75.0 cm³/mol. The molecule has 5 nitrogen and oxygen atoms in total. The summed E-state index contributed by atoms with van der Waals surface area (Å²) in [6.45, 7) is 8.10. The van der Waals surface area contributed by atoms with Gasteiger partial charge in [-0.1, -0.05) is 0 Å². The van der Waals surface area contributed by atoms with E-state index in [1.807, 2.05) is 45.2 Å². The van der Waals surface area contributed by atoms with Crippen LogP contribution in [-0.2, 0) is 9.31 Å². The number of aromatic nitrogens is 3. The Kier molecular flexibility index (Phi) is 2.81. The van der Waals surface area contributed by atoms with Gasteiger partial charge in [-0.2, -0.15) is 10.2 Å². The zero-order valence-corrected chi connectivity index (χ0v) is 12.3. The SMILES string of the molecule is CC1(C)OB(c2cnn(-c3cccs3)n2)OC1(C)C. The maximum atomic E-state index is 5.95. The highest BCUT2D eigenvalue weighted by Crippen LogP contribution is 2.36. The largest absolute Gasteiger partial charge is 0.518 e. The van der Waals surface area contributed by atoms with E-state index in [2.05, 4.69) is 10.2 Å². The molecule has 1 aliphatic rings. The Bertz CT molecular complexity index is 564. The normalized spacial score (nSPS) is 20.9. The minimum Gasteiger partial charge on any atom is -0.398 e. The number of thiophene rings is 1. The summed E-state index contributed by atoms with van der Waals surface area (Å²) in [5, 5.41) is 11.7. The molecule has 1 aliphatic heterocycles. The van der Waals surface area contributed by atoms with Crippen molar-refractivity contribution in [1.29, 1.82) is 0 Å². The van der Waals surface area contributed by atoms with Crippen LogP contribution in [0.3, 0.4) is 0 Å². The van der Waals surface area contributed by atoms with Gasteiger partial charge in [0.1, 0.15) is 10.6 Å². The minimum absolute atomic E-state index is 0.357. The molecular weight excluding hydrogens is 261 g/mol. The summed E-state index contributed by atoms with van der Waals surface area (Å²) in [4.78, 5) is 1.60. The predicted octanol–water partition coefficient (Wildman–Crippen LogP) is 1.63. The van der Waals surface area contributed by atoms with E-state index in [1.165, 1.54) is 0 Å². The van der Waals surface area contributed by atoms with Gasteiger partial charge >= 0.3 is 7.12 Å². The fraction of sp³-hybridized carbons (Fsp3) is 0.500. The maximum absolute atomic E-state index is 5.95. The summed E-state index contributed by atoms with van der Waals surface area (Å²) in [5.74, 6) is 0. The first-order chi connectivity index (χ1) is 8.89. The molecule has 0 spiro atoms. The molecule has 0 aromatic carbocycles. The summed E-state index contributed by atoms with van der Waals surface area (Å²) in [6.07, 6.45) is 1.70. The highest BCUT2D eigenvalue weighted by atomic mass is 32.1. The molecule has 100 valence electrons. The standard InChI is InChI=1S/C12H16BN3O2S/c1-11(2)12(3,4)18-13(17-11)9-8-14-16(15-9)10-6-5-7-19-10/h5-8H,1-4H3. The van der Waals surface area contributed by atoms with Crippen molar-refractivity contribution in [3.63, 3.8) is 0 Å². The van der Waals surface area contributed by atoms with E-state index < -0.39 is 7.12 Å².